The topological polar surface area (TPSA) is 119 Å². The van der Waals surface area contributed by atoms with Crippen LogP contribution in [-0.2, 0) is 20.1 Å². The monoisotopic (exact) mass is 432 g/mol. The standard InChI is InChI=1S/C19H16N2O6S2/c22-19(21-28(23,24)17-10-3-1-4-11-17)20-15-8-7-9-16(14-15)27-29(25,26)18-12-5-2-6-13-18/h1-14H,(H2,20,21,22). The summed E-state index contributed by atoms with van der Waals surface area (Å²) in [7, 11) is -8.09. The van der Waals surface area contributed by atoms with Crippen LogP contribution in [0.15, 0.2) is 94.7 Å². The maximum absolute atomic E-state index is 12.3. The molecule has 29 heavy (non-hydrogen) atoms. The van der Waals surface area contributed by atoms with Gasteiger partial charge in [0.1, 0.15) is 10.6 Å². The van der Waals surface area contributed by atoms with Crippen molar-refractivity contribution in [3.05, 3.63) is 84.9 Å². The number of hydrogen-bond acceptors (Lipinski definition) is 6. The van der Waals surface area contributed by atoms with E-state index in [1.54, 1.807) is 24.3 Å². The summed E-state index contributed by atoms with van der Waals surface area (Å²) in [6.07, 6.45) is 0. The number of nitrogens with one attached hydrogen (secondary N) is 2. The first-order chi connectivity index (χ1) is 13.8. The molecule has 0 aromatic heterocycles. The molecule has 10 heteroatoms. The molecule has 0 aliphatic heterocycles. The number of hydrogen-bond donors (Lipinski definition) is 2. The molecule has 2 N–H and O–H groups in total. The van der Waals surface area contributed by atoms with Gasteiger partial charge in [0.05, 0.1) is 4.90 Å². The summed E-state index contributed by atoms with van der Waals surface area (Å²) in [5.74, 6) is -0.0439. The van der Waals surface area contributed by atoms with Gasteiger partial charge in [0, 0.05) is 11.8 Å². The minimum Gasteiger partial charge on any atom is -0.379 e. The third-order valence-electron chi connectivity index (χ3n) is 3.61. The zero-order valence-electron chi connectivity index (χ0n) is 14.8. The highest BCUT2D eigenvalue weighted by Crippen LogP contribution is 2.22. The molecule has 2 amide bonds. The predicted molar refractivity (Wildman–Crippen MR) is 106 cm³/mol. The summed E-state index contributed by atoms with van der Waals surface area (Å²) in [6.45, 7) is 0. The van der Waals surface area contributed by atoms with E-state index in [2.05, 4.69) is 5.32 Å². The molecule has 0 saturated heterocycles. The summed E-state index contributed by atoms with van der Waals surface area (Å²) in [5, 5.41) is 2.33. The smallest absolute Gasteiger partial charge is 0.339 e. The first-order valence-electron chi connectivity index (χ1n) is 8.25. The van der Waals surface area contributed by atoms with Crippen LogP contribution in [0, 0.1) is 0 Å². The van der Waals surface area contributed by atoms with Gasteiger partial charge in [0.2, 0.25) is 0 Å². The highest BCUT2D eigenvalue weighted by Gasteiger charge is 2.18. The summed E-state index contributed by atoms with van der Waals surface area (Å²) in [6, 6.07) is 19.5. The van der Waals surface area contributed by atoms with Gasteiger partial charge >= 0.3 is 16.1 Å². The van der Waals surface area contributed by atoms with Crippen LogP contribution in [0.25, 0.3) is 0 Å². The van der Waals surface area contributed by atoms with Crippen molar-refractivity contribution in [3.63, 3.8) is 0 Å². The number of sulfonamides is 1. The second-order valence-electron chi connectivity index (χ2n) is 5.75. The third kappa shape index (κ3) is 5.33. The number of benzene rings is 3. The molecule has 0 bridgehead atoms. The van der Waals surface area contributed by atoms with Crippen LogP contribution in [-0.4, -0.2) is 22.9 Å². The maximum Gasteiger partial charge on any atom is 0.339 e. The van der Waals surface area contributed by atoms with E-state index in [9.17, 15) is 21.6 Å². The number of carbonyl (C=O) groups is 1. The fraction of sp³-hybridized carbons (Fsp3) is 0. The van der Waals surface area contributed by atoms with Crippen LogP contribution in [0.1, 0.15) is 0 Å². The van der Waals surface area contributed by atoms with Crippen molar-refractivity contribution < 1.29 is 25.8 Å². The minimum atomic E-state index is -4.05. The van der Waals surface area contributed by atoms with Gasteiger partial charge in [-0.05, 0) is 36.4 Å². The highest BCUT2D eigenvalue weighted by atomic mass is 32.2. The Bertz CT molecular complexity index is 1210. The van der Waals surface area contributed by atoms with E-state index in [1.807, 2.05) is 4.72 Å². The Balaban J connectivity index is 1.71. The molecule has 3 rings (SSSR count). The van der Waals surface area contributed by atoms with Crippen molar-refractivity contribution in [1.82, 2.24) is 4.72 Å². The van der Waals surface area contributed by atoms with Gasteiger partial charge < -0.3 is 9.50 Å². The second-order valence-corrected chi connectivity index (χ2v) is 8.98. The molecule has 0 saturated carbocycles. The maximum atomic E-state index is 12.3. The SMILES string of the molecule is O=C(Nc1cccc(OS(=O)(=O)c2ccccc2)c1)NS(=O)(=O)c1ccccc1. The molecule has 150 valence electrons. The van der Waals surface area contributed by atoms with Gasteiger partial charge in [-0.15, -0.1) is 0 Å². The Morgan fingerprint density at radius 3 is 1.93 bits per heavy atom. The van der Waals surface area contributed by atoms with E-state index in [0.717, 1.165) is 0 Å². The van der Waals surface area contributed by atoms with Crippen LogP contribution in [0.5, 0.6) is 5.75 Å². The Labute approximate surface area is 168 Å². The van der Waals surface area contributed by atoms with Crippen LogP contribution in [0.4, 0.5) is 10.5 Å². The first-order valence-corrected chi connectivity index (χ1v) is 11.1. The lowest BCUT2D eigenvalue weighted by molar-refractivity contribution is 0.256. The Hall–Kier alpha value is -3.37. The molecule has 3 aromatic rings. The molecule has 0 spiro atoms. The molecule has 3 aromatic carbocycles. The van der Waals surface area contributed by atoms with Gasteiger partial charge in [-0.25, -0.2) is 17.9 Å². The Morgan fingerprint density at radius 1 is 0.724 bits per heavy atom. The Morgan fingerprint density at radius 2 is 1.31 bits per heavy atom. The number of anilines is 1. The average Bonchev–Trinajstić information content (AvgIpc) is 2.69. The van der Waals surface area contributed by atoms with E-state index in [0.29, 0.717) is 0 Å². The van der Waals surface area contributed by atoms with Crippen molar-refractivity contribution in [2.24, 2.45) is 0 Å². The summed E-state index contributed by atoms with van der Waals surface area (Å²) in [4.78, 5) is 12.0. The van der Waals surface area contributed by atoms with Crippen molar-refractivity contribution in [2.75, 3.05) is 5.32 Å². The fourth-order valence-electron chi connectivity index (χ4n) is 2.32. The van der Waals surface area contributed by atoms with Crippen molar-refractivity contribution in [2.45, 2.75) is 9.79 Å². The zero-order valence-corrected chi connectivity index (χ0v) is 16.5. The predicted octanol–water partition coefficient (Wildman–Crippen LogP) is 2.96. The highest BCUT2D eigenvalue weighted by molar-refractivity contribution is 7.90. The molecule has 0 fully saturated rings. The van der Waals surface area contributed by atoms with E-state index < -0.39 is 26.2 Å². The van der Waals surface area contributed by atoms with E-state index in [4.69, 9.17) is 4.18 Å². The largest absolute Gasteiger partial charge is 0.379 e. The zero-order chi connectivity index (χ0) is 20.9. The number of carbonyl (C=O) groups excluding carboxylic acids is 1. The molecular weight excluding hydrogens is 416 g/mol. The molecule has 0 heterocycles. The molecule has 0 aliphatic carbocycles. The molecule has 8 nitrogen and oxygen atoms in total. The normalized spacial score (nSPS) is 11.4. The van der Waals surface area contributed by atoms with Crippen LogP contribution < -0.4 is 14.2 Å². The van der Waals surface area contributed by atoms with E-state index in [-0.39, 0.29) is 21.2 Å². The molecule has 0 atom stereocenters. The van der Waals surface area contributed by atoms with Crippen molar-refractivity contribution >= 4 is 31.9 Å². The lowest BCUT2D eigenvalue weighted by Gasteiger charge is -2.10. The fourth-order valence-corrected chi connectivity index (χ4v) is 4.20. The van der Waals surface area contributed by atoms with Crippen molar-refractivity contribution in [1.29, 1.82) is 0 Å². The molecule has 0 aliphatic rings. The van der Waals surface area contributed by atoms with Gasteiger partial charge in [-0.3, -0.25) is 0 Å². The minimum absolute atomic E-state index is 0.0231. The van der Waals surface area contributed by atoms with Gasteiger partial charge in [-0.1, -0.05) is 42.5 Å². The first kappa shape index (κ1) is 20.4. The lowest BCUT2D eigenvalue weighted by Crippen LogP contribution is -2.34. The molecule has 0 unspecified atom stereocenters. The summed E-state index contributed by atoms with van der Waals surface area (Å²) in [5.41, 5.74) is 0.145. The van der Waals surface area contributed by atoms with Gasteiger partial charge in [0.25, 0.3) is 10.0 Å². The van der Waals surface area contributed by atoms with E-state index >= 15 is 0 Å². The number of amides is 2. The van der Waals surface area contributed by atoms with Gasteiger partial charge in [-0.2, -0.15) is 8.42 Å². The number of rotatable bonds is 6. The average molecular weight is 432 g/mol. The summed E-state index contributed by atoms with van der Waals surface area (Å²) >= 11 is 0. The van der Waals surface area contributed by atoms with E-state index in [1.165, 1.54) is 60.7 Å². The third-order valence-corrected chi connectivity index (χ3v) is 6.22. The van der Waals surface area contributed by atoms with Gasteiger partial charge in [0.15, 0.2) is 0 Å². The van der Waals surface area contributed by atoms with Crippen LogP contribution in [0.2, 0.25) is 0 Å². The van der Waals surface area contributed by atoms with Crippen LogP contribution >= 0.6 is 0 Å². The quantitative estimate of drug-likeness (QED) is 0.578. The van der Waals surface area contributed by atoms with Crippen molar-refractivity contribution in [3.8, 4) is 5.75 Å². The Kier molecular flexibility index (Phi) is 5.85. The lowest BCUT2D eigenvalue weighted by atomic mass is 10.3. The summed E-state index contributed by atoms with van der Waals surface area (Å²) < 4.78 is 55.8. The second kappa shape index (κ2) is 8.33. The molecule has 0 radical (unpaired) electrons. The van der Waals surface area contributed by atoms with Crippen LogP contribution in [0.3, 0.4) is 0 Å². The number of urea groups is 1. The molecular formula is C19H16N2O6S2.